The summed E-state index contributed by atoms with van der Waals surface area (Å²) in [7, 11) is -2.22. The normalized spacial score (nSPS) is 10.8. The lowest BCUT2D eigenvalue weighted by atomic mass is 10.1. The monoisotopic (exact) mass is 459 g/mol. The minimum atomic E-state index is -3.71. The van der Waals surface area contributed by atoms with Crippen LogP contribution < -0.4 is 4.31 Å². The lowest BCUT2D eigenvalue weighted by Crippen LogP contribution is -2.31. The third kappa shape index (κ3) is 5.48. The summed E-state index contributed by atoms with van der Waals surface area (Å²) in [6.07, 6.45) is 1.65. The van der Waals surface area contributed by atoms with Crippen LogP contribution in [0.5, 0.6) is 0 Å². The van der Waals surface area contributed by atoms with E-state index in [1.54, 1.807) is 71.6 Å². The van der Waals surface area contributed by atoms with Gasteiger partial charge in [0.15, 0.2) is 0 Å². The molecule has 0 unspecified atom stereocenters. The van der Waals surface area contributed by atoms with Crippen molar-refractivity contribution in [2.75, 3.05) is 17.9 Å². The molecule has 0 spiro atoms. The predicted molar refractivity (Wildman–Crippen MR) is 129 cm³/mol. The Bertz CT molecular complexity index is 1270. The van der Waals surface area contributed by atoms with Gasteiger partial charge in [0.25, 0.3) is 15.9 Å². The van der Waals surface area contributed by atoms with Crippen molar-refractivity contribution in [3.8, 4) is 6.07 Å². The second kappa shape index (κ2) is 10.2. The number of anilines is 1. The smallest absolute Gasteiger partial charge is 0.264 e. The fourth-order valence-electron chi connectivity index (χ4n) is 3.28. The summed E-state index contributed by atoms with van der Waals surface area (Å²) in [5.41, 5.74) is 3.32. The van der Waals surface area contributed by atoms with Crippen LogP contribution in [-0.2, 0) is 16.6 Å². The van der Waals surface area contributed by atoms with Gasteiger partial charge in [0.2, 0.25) is 0 Å². The average Bonchev–Trinajstić information content (AvgIpc) is 2.83. The van der Waals surface area contributed by atoms with E-state index in [1.807, 2.05) is 19.1 Å². The van der Waals surface area contributed by atoms with Crippen LogP contribution in [0.25, 0.3) is 0 Å². The van der Waals surface area contributed by atoms with Gasteiger partial charge in [-0.1, -0.05) is 35.9 Å². The van der Waals surface area contributed by atoms with Gasteiger partial charge in [-0.15, -0.1) is 6.58 Å². The Hall–Kier alpha value is -3.89. The summed E-state index contributed by atoms with van der Waals surface area (Å²) < 4.78 is 27.0. The summed E-state index contributed by atoms with van der Waals surface area (Å²) in [5.74, 6) is -0.199. The maximum atomic E-state index is 13.1. The summed E-state index contributed by atoms with van der Waals surface area (Å²) >= 11 is 0. The zero-order chi connectivity index (χ0) is 24.0. The van der Waals surface area contributed by atoms with E-state index in [9.17, 15) is 13.2 Å². The molecule has 0 aromatic heterocycles. The maximum absolute atomic E-state index is 13.1. The molecule has 0 aliphatic rings. The predicted octanol–water partition coefficient (Wildman–Crippen LogP) is 4.52. The van der Waals surface area contributed by atoms with Crippen molar-refractivity contribution in [2.24, 2.45) is 0 Å². The van der Waals surface area contributed by atoms with Crippen LogP contribution in [0.1, 0.15) is 27.0 Å². The first-order valence-electron chi connectivity index (χ1n) is 10.3. The zero-order valence-corrected chi connectivity index (χ0v) is 19.4. The highest BCUT2D eigenvalue weighted by molar-refractivity contribution is 7.92. The molecular formula is C26H25N3O3S. The molecule has 0 atom stereocenters. The molecule has 3 aromatic rings. The first-order valence-corrected chi connectivity index (χ1v) is 11.7. The van der Waals surface area contributed by atoms with E-state index in [2.05, 4.69) is 12.6 Å². The van der Waals surface area contributed by atoms with Gasteiger partial charge in [-0.3, -0.25) is 9.10 Å². The molecule has 0 bridgehead atoms. The van der Waals surface area contributed by atoms with E-state index < -0.39 is 10.0 Å². The Balaban J connectivity index is 1.79. The molecule has 3 rings (SSSR count). The lowest BCUT2D eigenvalue weighted by Gasteiger charge is -2.23. The summed E-state index contributed by atoms with van der Waals surface area (Å²) in [4.78, 5) is 14.9. The van der Waals surface area contributed by atoms with Crippen LogP contribution in [0.15, 0.2) is 90.3 Å². The minimum absolute atomic E-state index is 0.199. The molecule has 0 saturated heterocycles. The first-order chi connectivity index (χ1) is 15.8. The average molecular weight is 460 g/mol. The highest BCUT2D eigenvalue weighted by atomic mass is 32.2. The Morgan fingerprint density at radius 2 is 1.61 bits per heavy atom. The number of benzene rings is 3. The molecule has 3 aromatic carbocycles. The Labute approximate surface area is 195 Å². The van der Waals surface area contributed by atoms with Gasteiger partial charge in [-0.25, -0.2) is 8.42 Å². The molecule has 0 radical (unpaired) electrons. The van der Waals surface area contributed by atoms with E-state index in [-0.39, 0.29) is 10.8 Å². The molecule has 0 saturated carbocycles. The van der Waals surface area contributed by atoms with Crippen molar-refractivity contribution in [1.29, 1.82) is 5.26 Å². The van der Waals surface area contributed by atoms with E-state index in [4.69, 9.17) is 5.26 Å². The Morgan fingerprint density at radius 3 is 2.15 bits per heavy atom. The largest absolute Gasteiger partial charge is 0.331 e. The lowest BCUT2D eigenvalue weighted by molar-refractivity contribution is 0.0762. The number of carbonyl (C=O) groups excluding carboxylic acids is 1. The second-order valence-corrected chi connectivity index (χ2v) is 9.58. The maximum Gasteiger partial charge on any atom is 0.264 e. The first kappa shape index (κ1) is 23.8. The van der Waals surface area contributed by atoms with Gasteiger partial charge >= 0.3 is 0 Å². The summed E-state index contributed by atoms with van der Waals surface area (Å²) in [5, 5.41) is 8.95. The fourth-order valence-corrected chi connectivity index (χ4v) is 4.48. The zero-order valence-electron chi connectivity index (χ0n) is 18.6. The third-order valence-electron chi connectivity index (χ3n) is 5.25. The topological polar surface area (TPSA) is 81.5 Å². The number of amides is 1. The highest BCUT2D eigenvalue weighted by Crippen LogP contribution is 2.23. The molecule has 0 heterocycles. The minimum Gasteiger partial charge on any atom is -0.331 e. The standard InChI is InChI=1S/C26H25N3O3S/c1-4-17-29(19-22-9-7-21(18-27)8-10-22)26(30)23-11-13-24(14-12-23)28(3)33(31,32)25-15-5-20(2)6-16-25/h4-16H,1,17,19H2,2-3H3. The SMILES string of the molecule is C=CCN(Cc1ccc(C#N)cc1)C(=O)c1ccc(N(C)S(=O)(=O)c2ccc(C)cc2)cc1. The molecule has 7 heteroatoms. The molecule has 168 valence electrons. The number of aryl methyl sites for hydroxylation is 1. The van der Waals surface area contributed by atoms with Crippen LogP contribution in [0.2, 0.25) is 0 Å². The van der Waals surface area contributed by atoms with Crippen molar-refractivity contribution >= 4 is 21.6 Å². The summed E-state index contributed by atoms with van der Waals surface area (Å²) in [6.45, 7) is 6.34. The van der Waals surface area contributed by atoms with E-state index in [0.717, 1.165) is 11.1 Å². The molecule has 0 fully saturated rings. The highest BCUT2D eigenvalue weighted by Gasteiger charge is 2.22. The van der Waals surface area contributed by atoms with Gasteiger partial charge in [0.05, 0.1) is 22.2 Å². The van der Waals surface area contributed by atoms with Gasteiger partial charge in [0.1, 0.15) is 0 Å². The number of nitriles is 1. The van der Waals surface area contributed by atoms with Crippen molar-refractivity contribution in [1.82, 2.24) is 4.90 Å². The van der Waals surface area contributed by atoms with Crippen LogP contribution in [0, 0.1) is 18.3 Å². The number of nitrogens with zero attached hydrogens (tertiary/aromatic N) is 3. The molecule has 0 aliphatic carbocycles. The fraction of sp³-hybridized carbons (Fsp3) is 0.154. The molecule has 1 amide bonds. The van der Waals surface area contributed by atoms with Crippen LogP contribution >= 0.6 is 0 Å². The van der Waals surface area contributed by atoms with Crippen molar-refractivity contribution in [2.45, 2.75) is 18.4 Å². The second-order valence-electron chi connectivity index (χ2n) is 7.62. The number of sulfonamides is 1. The Kier molecular flexibility index (Phi) is 7.31. The quantitative estimate of drug-likeness (QED) is 0.464. The van der Waals surface area contributed by atoms with Crippen molar-refractivity contribution < 1.29 is 13.2 Å². The van der Waals surface area contributed by atoms with Gasteiger partial charge in [-0.2, -0.15) is 5.26 Å². The van der Waals surface area contributed by atoms with Gasteiger partial charge in [-0.05, 0) is 61.0 Å². The number of hydrogen-bond donors (Lipinski definition) is 0. The van der Waals surface area contributed by atoms with Gasteiger partial charge < -0.3 is 4.90 Å². The van der Waals surface area contributed by atoms with Crippen molar-refractivity contribution in [3.63, 3.8) is 0 Å². The van der Waals surface area contributed by atoms with E-state index in [1.165, 1.54) is 11.4 Å². The number of rotatable bonds is 8. The molecule has 33 heavy (non-hydrogen) atoms. The van der Waals surface area contributed by atoms with Crippen LogP contribution in [0.3, 0.4) is 0 Å². The van der Waals surface area contributed by atoms with Crippen molar-refractivity contribution in [3.05, 3.63) is 108 Å². The molecule has 6 nitrogen and oxygen atoms in total. The van der Waals surface area contributed by atoms with Crippen LogP contribution in [0.4, 0.5) is 5.69 Å². The van der Waals surface area contributed by atoms with Crippen LogP contribution in [-0.4, -0.2) is 32.8 Å². The molecular weight excluding hydrogens is 434 g/mol. The van der Waals surface area contributed by atoms with Gasteiger partial charge in [0, 0.05) is 25.7 Å². The summed E-state index contributed by atoms with van der Waals surface area (Å²) in [6, 6.07) is 22.3. The Morgan fingerprint density at radius 1 is 1.00 bits per heavy atom. The van der Waals surface area contributed by atoms with E-state index in [0.29, 0.717) is 29.9 Å². The van der Waals surface area contributed by atoms with E-state index >= 15 is 0 Å². The number of carbonyl (C=O) groups is 1. The molecule has 0 N–H and O–H groups in total. The number of hydrogen-bond acceptors (Lipinski definition) is 4. The molecule has 0 aliphatic heterocycles. The third-order valence-corrected chi connectivity index (χ3v) is 7.05.